The zero-order chi connectivity index (χ0) is 18.4. The number of aliphatic imine (C=N–C) groups is 1. The van der Waals surface area contributed by atoms with Crippen LogP contribution in [0.3, 0.4) is 0 Å². The van der Waals surface area contributed by atoms with Crippen LogP contribution >= 0.6 is 23.4 Å². The molecule has 7 nitrogen and oxygen atoms in total. The highest BCUT2D eigenvalue weighted by Crippen LogP contribution is 2.28. The number of methoxy groups -OCH3 is 2. The van der Waals surface area contributed by atoms with Gasteiger partial charge in [0.15, 0.2) is 5.17 Å². The SMILES string of the molecule is COC[C@H](C)N=C1NC(=O)[C@@H](CC(=O)Nc2ccc(OC)c(Cl)c2)S1. The van der Waals surface area contributed by atoms with E-state index in [1.54, 1.807) is 25.3 Å². The van der Waals surface area contributed by atoms with Crippen LogP contribution in [0.2, 0.25) is 5.02 Å². The van der Waals surface area contributed by atoms with Gasteiger partial charge in [-0.15, -0.1) is 0 Å². The molecule has 2 amide bonds. The van der Waals surface area contributed by atoms with Gasteiger partial charge in [-0.1, -0.05) is 23.4 Å². The molecule has 1 aromatic carbocycles. The number of halogens is 1. The fourth-order valence-electron chi connectivity index (χ4n) is 2.20. The second kappa shape index (κ2) is 9.07. The molecule has 1 aromatic rings. The molecule has 1 saturated heterocycles. The van der Waals surface area contributed by atoms with Crippen molar-refractivity contribution < 1.29 is 19.1 Å². The summed E-state index contributed by atoms with van der Waals surface area (Å²) < 4.78 is 10.1. The van der Waals surface area contributed by atoms with Crippen LogP contribution in [-0.2, 0) is 14.3 Å². The number of rotatable bonds is 7. The highest BCUT2D eigenvalue weighted by molar-refractivity contribution is 8.15. The third kappa shape index (κ3) is 5.62. The van der Waals surface area contributed by atoms with Crippen LogP contribution < -0.4 is 15.4 Å². The number of carbonyl (C=O) groups excluding carboxylic acids is 2. The first-order chi connectivity index (χ1) is 11.9. The molecule has 1 fully saturated rings. The van der Waals surface area contributed by atoms with Crippen LogP contribution in [0.4, 0.5) is 5.69 Å². The molecule has 0 aliphatic carbocycles. The lowest BCUT2D eigenvalue weighted by atomic mass is 10.2. The molecule has 0 radical (unpaired) electrons. The summed E-state index contributed by atoms with van der Waals surface area (Å²) in [6.45, 7) is 2.35. The van der Waals surface area contributed by atoms with Crippen molar-refractivity contribution >= 4 is 46.0 Å². The Morgan fingerprint density at radius 3 is 2.88 bits per heavy atom. The van der Waals surface area contributed by atoms with Crippen LogP contribution in [0.15, 0.2) is 23.2 Å². The van der Waals surface area contributed by atoms with E-state index in [9.17, 15) is 9.59 Å². The molecule has 2 atom stereocenters. The number of benzene rings is 1. The number of ether oxygens (including phenoxy) is 2. The maximum absolute atomic E-state index is 12.2. The summed E-state index contributed by atoms with van der Waals surface area (Å²) in [5.74, 6) is 0.0211. The Morgan fingerprint density at radius 1 is 1.48 bits per heavy atom. The van der Waals surface area contributed by atoms with Crippen LogP contribution in [-0.4, -0.2) is 49.1 Å². The Hall–Kier alpha value is -1.77. The average Bonchev–Trinajstić information content (AvgIpc) is 2.86. The predicted molar refractivity (Wildman–Crippen MR) is 99.5 cm³/mol. The molecule has 0 bridgehead atoms. The Balaban J connectivity index is 1.92. The smallest absolute Gasteiger partial charge is 0.240 e. The second-order valence-corrected chi connectivity index (χ2v) is 7.03. The summed E-state index contributed by atoms with van der Waals surface area (Å²) in [5.41, 5.74) is 0.543. The van der Waals surface area contributed by atoms with Crippen LogP contribution in [0.5, 0.6) is 5.75 Å². The first kappa shape index (κ1) is 19.6. The molecule has 2 N–H and O–H groups in total. The van der Waals surface area contributed by atoms with E-state index >= 15 is 0 Å². The number of nitrogens with one attached hydrogen (secondary N) is 2. The third-order valence-corrected chi connectivity index (χ3v) is 4.72. The minimum atomic E-state index is -0.512. The van der Waals surface area contributed by atoms with Crippen molar-refractivity contribution in [3.05, 3.63) is 23.2 Å². The molecule has 1 aliphatic heterocycles. The Bertz CT molecular complexity index is 683. The summed E-state index contributed by atoms with van der Waals surface area (Å²) in [6, 6.07) is 4.88. The van der Waals surface area contributed by atoms with E-state index in [1.807, 2.05) is 6.92 Å². The number of thioether (sulfide) groups is 1. The van der Waals surface area contributed by atoms with E-state index in [0.29, 0.717) is 28.2 Å². The molecule has 25 heavy (non-hydrogen) atoms. The summed E-state index contributed by atoms with van der Waals surface area (Å²) in [7, 11) is 3.11. The maximum Gasteiger partial charge on any atom is 0.240 e. The molecule has 0 spiro atoms. The third-order valence-electron chi connectivity index (χ3n) is 3.33. The molecular formula is C16H20ClN3O4S. The van der Waals surface area contributed by atoms with E-state index in [-0.39, 0.29) is 24.3 Å². The van der Waals surface area contributed by atoms with E-state index < -0.39 is 5.25 Å². The largest absolute Gasteiger partial charge is 0.495 e. The first-order valence-electron chi connectivity index (χ1n) is 7.60. The molecule has 2 rings (SSSR count). The van der Waals surface area contributed by atoms with Crippen molar-refractivity contribution in [2.75, 3.05) is 26.1 Å². The van der Waals surface area contributed by atoms with Crippen molar-refractivity contribution in [1.82, 2.24) is 5.32 Å². The number of amides is 2. The first-order valence-corrected chi connectivity index (χ1v) is 8.86. The van der Waals surface area contributed by atoms with Crippen molar-refractivity contribution in [2.24, 2.45) is 4.99 Å². The van der Waals surface area contributed by atoms with Gasteiger partial charge in [0.2, 0.25) is 11.8 Å². The normalized spacial score (nSPS) is 19.6. The van der Waals surface area contributed by atoms with Gasteiger partial charge < -0.3 is 20.1 Å². The van der Waals surface area contributed by atoms with Gasteiger partial charge >= 0.3 is 0 Å². The standard InChI is InChI=1S/C16H20ClN3O4S/c1-9(8-23-2)18-16-20-15(22)13(25-16)7-14(21)19-10-4-5-12(24-3)11(17)6-10/h4-6,9,13H,7-8H2,1-3H3,(H,19,21)(H,18,20,22)/t9-,13+/m0/s1. The summed E-state index contributed by atoms with van der Waals surface area (Å²) >= 11 is 7.28. The monoisotopic (exact) mass is 385 g/mol. The van der Waals surface area contributed by atoms with E-state index in [4.69, 9.17) is 21.1 Å². The van der Waals surface area contributed by atoms with Gasteiger partial charge in [-0.2, -0.15) is 0 Å². The van der Waals surface area contributed by atoms with Gasteiger partial charge in [-0.05, 0) is 25.1 Å². The quantitative estimate of drug-likeness (QED) is 0.751. The van der Waals surface area contributed by atoms with Gasteiger partial charge in [-0.25, -0.2) is 0 Å². The van der Waals surface area contributed by atoms with Crippen molar-refractivity contribution in [1.29, 1.82) is 0 Å². The Kier molecular flexibility index (Phi) is 7.10. The van der Waals surface area contributed by atoms with Crippen LogP contribution in [0.1, 0.15) is 13.3 Å². The average molecular weight is 386 g/mol. The molecule has 9 heteroatoms. The van der Waals surface area contributed by atoms with Crippen molar-refractivity contribution in [3.63, 3.8) is 0 Å². The zero-order valence-corrected chi connectivity index (χ0v) is 15.7. The van der Waals surface area contributed by atoms with E-state index in [2.05, 4.69) is 15.6 Å². The number of anilines is 1. The van der Waals surface area contributed by atoms with Gasteiger partial charge in [0, 0.05) is 19.2 Å². The van der Waals surface area contributed by atoms with Gasteiger partial charge in [-0.3, -0.25) is 14.6 Å². The number of amidine groups is 1. The zero-order valence-electron chi connectivity index (χ0n) is 14.2. The highest BCUT2D eigenvalue weighted by Gasteiger charge is 2.32. The minimum absolute atomic E-state index is 0.0395. The fourth-order valence-corrected chi connectivity index (χ4v) is 3.53. The van der Waals surface area contributed by atoms with E-state index in [1.165, 1.54) is 18.9 Å². The Labute approximate surface area is 155 Å². The molecular weight excluding hydrogens is 366 g/mol. The van der Waals surface area contributed by atoms with Crippen molar-refractivity contribution in [2.45, 2.75) is 24.6 Å². The molecule has 1 heterocycles. The molecule has 0 aromatic heterocycles. The van der Waals surface area contributed by atoms with E-state index in [0.717, 1.165) is 0 Å². The number of carbonyl (C=O) groups is 2. The van der Waals surface area contributed by atoms with Gasteiger partial charge in [0.1, 0.15) is 11.0 Å². The van der Waals surface area contributed by atoms with Gasteiger partial charge in [0.25, 0.3) is 0 Å². The lowest BCUT2D eigenvalue weighted by Crippen LogP contribution is -2.28. The predicted octanol–water partition coefficient (Wildman–Crippen LogP) is 2.30. The lowest BCUT2D eigenvalue weighted by Gasteiger charge is -2.09. The molecule has 1 aliphatic rings. The highest BCUT2D eigenvalue weighted by atomic mass is 35.5. The second-order valence-electron chi connectivity index (χ2n) is 5.44. The summed E-state index contributed by atoms with van der Waals surface area (Å²) in [5, 5.41) is 5.81. The Morgan fingerprint density at radius 2 is 2.24 bits per heavy atom. The summed E-state index contributed by atoms with van der Waals surface area (Å²) in [4.78, 5) is 28.5. The lowest BCUT2D eigenvalue weighted by molar-refractivity contribution is -0.122. The molecule has 0 unspecified atom stereocenters. The summed E-state index contributed by atoms with van der Waals surface area (Å²) in [6.07, 6.45) is 0.0395. The van der Waals surface area contributed by atoms with Crippen LogP contribution in [0, 0.1) is 0 Å². The number of hydrogen-bond donors (Lipinski definition) is 2. The number of hydrogen-bond acceptors (Lipinski definition) is 6. The fraction of sp³-hybridized carbons (Fsp3) is 0.438. The topological polar surface area (TPSA) is 89.0 Å². The van der Waals surface area contributed by atoms with Crippen LogP contribution in [0.25, 0.3) is 0 Å². The van der Waals surface area contributed by atoms with Crippen molar-refractivity contribution in [3.8, 4) is 5.75 Å². The molecule has 0 saturated carbocycles. The minimum Gasteiger partial charge on any atom is -0.495 e. The number of nitrogens with zero attached hydrogens (tertiary/aromatic N) is 1. The molecule has 136 valence electrons. The maximum atomic E-state index is 12.2. The van der Waals surface area contributed by atoms with Gasteiger partial charge in [0.05, 0.1) is 24.8 Å².